The third-order valence-corrected chi connectivity index (χ3v) is 2.31. The van der Waals surface area contributed by atoms with Gasteiger partial charge in [-0.1, -0.05) is 40.0 Å². The monoisotopic (exact) mass is 172 g/mol. The predicted octanol–water partition coefficient (Wildman–Crippen LogP) is 3.63. The van der Waals surface area contributed by atoms with Crippen molar-refractivity contribution < 1.29 is 4.74 Å². The van der Waals surface area contributed by atoms with Gasteiger partial charge < -0.3 is 4.74 Å². The van der Waals surface area contributed by atoms with Gasteiger partial charge in [-0.3, -0.25) is 0 Å². The summed E-state index contributed by atoms with van der Waals surface area (Å²) >= 11 is 0. The van der Waals surface area contributed by atoms with Crippen molar-refractivity contribution in [2.45, 2.75) is 52.9 Å². The van der Waals surface area contributed by atoms with Crippen LogP contribution in [0.25, 0.3) is 0 Å². The highest BCUT2D eigenvalue weighted by Gasteiger charge is 2.11. The molecule has 1 aliphatic heterocycles. The number of unbranched alkanes of at least 4 members (excludes halogenated alkanes) is 1. The van der Waals surface area contributed by atoms with Crippen molar-refractivity contribution >= 4 is 0 Å². The lowest BCUT2D eigenvalue weighted by Crippen LogP contribution is -2.15. The Morgan fingerprint density at radius 1 is 1.17 bits per heavy atom. The molecular weight excluding hydrogens is 148 g/mol. The summed E-state index contributed by atoms with van der Waals surface area (Å²) in [6.45, 7) is 8.28. The summed E-state index contributed by atoms with van der Waals surface area (Å²) in [7, 11) is 0. The fraction of sp³-hybridized carbons (Fsp3) is 1.00. The highest BCUT2D eigenvalue weighted by Crippen LogP contribution is 2.20. The van der Waals surface area contributed by atoms with Gasteiger partial charge in [0.05, 0.1) is 0 Å². The van der Waals surface area contributed by atoms with Crippen LogP contribution in [0.1, 0.15) is 52.9 Å². The van der Waals surface area contributed by atoms with Gasteiger partial charge in [0.1, 0.15) is 0 Å². The van der Waals surface area contributed by atoms with Crippen LogP contribution in [-0.4, -0.2) is 13.2 Å². The average Bonchev–Trinajstić information content (AvgIpc) is 2.19. The van der Waals surface area contributed by atoms with Crippen LogP contribution in [0.5, 0.6) is 0 Å². The van der Waals surface area contributed by atoms with E-state index in [1.807, 2.05) is 13.8 Å². The lowest BCUT2D eigenvalue weighted by Gasteiger charge is -2.21. The van der Waals surface area contributed by atoms with Gasteiger partial charge in [0.2, 0.25) is 0 Å². The molecule has 1 nitrogen and oxygen atoms in total. The van der Waals surface area contributed by atoms with Gasteiger partial charge >= 0.3 is 0 Å². The minimum absolute atomic E-state index is 0.980. The second-order valence-corrected chi connectivity index (χ2v) is 3.20. The molecule has 0 bridgehead atoms. The maximum atomic E-state index is 5.28. The Morgan fingerprint density at radius 2 is 1.75 bits per heavy atom. The van der Waals surface area contributed by atoms with Crippen molar-refractivity contribution in [3.05, 3.63) is 0 Å². The molecule has 1 saturated heterocycles. The molecule has 0 aliphatic carbocycles. The molecule has 0 aromatic heterocycles. The van der Waals surface area contributed by atoms with Crippen molar-refractivity contribution in [2.75, 3.05) is 13.2 Å². The quantitative estimate of drug-likeness (QED) is 0.631. The number of ether oxygens (including phenoxy) is 1. The van der Waals surface area contributed by atoms with Crippen molar-refractivity contribution in [1.82, 2.24) is 0 Å². The highest BCUT2D eigenvalue weighted by molar-refractivity contribution is 4.62. The molecule has 0 spiro atoms. The summed E-state index contributed by atoms with van der Waals surface area (Å²) in [4.78, 5) is 0. The summed E-state index contributed by atoms with van der Waals surface area (Å²) in [5.41, 5.74) is 0. The van der Waals surface area contributed by atoms with Gasteiger partial charge in [-0.25, -0.2) is 0 Å². The first-order valence-corrected chi connectivity index (χ1v) is 5.51. The molecule has 1 aliphatic rings. The fourth-order valence-electron chi connectivity index (χ4n) is 1.53. The Balaban J connectivity index is 0.000000561. The van der Waals surface area contributed by atoms with Gasteiger partial charge in [-0.2, -0.15) is 0 Å². The minimum atomic E-state index is 0.980. The second-order valence-electron chi connectivity index (χ2n) is 3.20. The van der Waals surface area contributed by atoms with Crippen LogP contribution in [0.2, 0.25) is 0 Å². The molecule has 12 heavy (non-hydrogen) atoms. The molecule has 1 heteroatoms. The maximum Gasteiger partial charge on any atom is 0.0468 e. The van der Waals surface area contributed by atoms with E-state index in [1.54, 1.807) is 0 Å². The minimum Gasteiger partial charge on any atom is -0.381 e. The third kappa shape index (κ3) is 5.59. The molecule has 0 unspecified atom stereocenters. The van der Waals surface area contributed by atoms with Gasteiger partial charge in [0, 0.05) is 13.2 Å². The van der Waals surface area contributed by atoms with Crippen LogP contribution in [0.3, 0.4) is 0 Å². The van der Waals surface area contributed by atoms with E-state index in [1.165, 1.54) is 32.1 Å². The molecule has 1 heterocycles. The van der Waals surface area contributed by atoms with Gasteiger partial charge in [0.15, 0.2) is 0 Å². The zero-order valence-corrected chi connectivity index (χ0v) is 8.94. The molecule has 1 rings (SSSR count). The molecule has 1 fully saturated rings. The third-order valence-electron chi connectivity index (χ3n) is 2.31. The summed E-state index contributed by atoms with van der Waals surface area (Å²) in [6, 6.07) is 0. The summed E-state index contributed by atoms with van der Waals surface area (Å²) < 4.78 is 5.28. The molecule has 0 aromatic carbocycles. The number of rotatable bonds is 3. The average molecular weight is 172 g/mol. The Kier molecular flexibility index (Phi) is 9.02. The van der Waals surface area contributed by atoms with E-state index in [0.717, 1.165) is 19.1 Å². The smallest absolute Gasteiger partial charge is 0.0468 e. The molecule has 0 saturated carbocycles. The van der Waals surface area contributed by atoms with Crippen LogP contribution in [-0.2, 0) is 4.74 Å². The molecule has 0 amide bonds. The Labute approximate surface area is 77.5 Å². The lowest BCUT2D eigenvalue weighted by molar-refractivity contribution is 0.0633. The van der Waals surface area contributed by atoms with E-state index in [4.69, 9.17) is 4.74 Å². The molecule has 0 radical (unpaired) electrons. The van der Waals surface area contributed by atoms with Crippen LogP contribution in [0.15, 0.2) is 0 Å². The van der Waals surface area contributed by atoms with E-state index < -0.39 is 0 Å². The van der Waals surface area contributed by atoms with Crippen molar-refractivity contribution in [3.63, 3.8) is 0 Å². The zero-order chi connectivity index (χ0) is 9.23. The SMILES string of the molecule is CC.CCCCC1CCOCC1. The van der Waals surface area contributed by atoms with E-state index in [2.05, 4.69) is 6.92 Å². The topological polar surface area (TPSA) is 9.23 Å². The Bertz CT molecular complexity index is 75.1. The molecule has 74 valence electrons. The van der Waals surface area contributed by atoms with Gasteiger partial charge in [-0.15, -0.1) is 0 Å². The van der Waals surface area contributed by atoms with Crippen molar-refractivity contribution in [3.8, 4) is 0 Å². The first-order chi connectivity index (χ1) is 5.93. The summed E-state index contributed by atoms with van der Waals surface area (Å²) in [5, 5.41) is 0. The Morgan fingerprint density at radius 3 is 2.25 bits per heavy atom. The normalized spacial score (nSPS) is 18.2. The first kappa shape index (κ1) is 12.0. The fourth-order valence-corrected chi connectivity index (χ4v) is 1.53. The highest BCUT2D eigenvalue weighted by atomic mass is 16.5. The van der Waals surface area contributed by atoms with Crippen molar-refractivity contribution in [1.29, 1.82) is 0 Å². The van der Waals surface area contributed by atoms with Gasteiger partial charge in [-0.05, 0) is 18.8 Å². The van der Waals surface area contributed by atoms with E-state index in [-0.39, 0.29) is 0 Å². The summed E-state index contributed by atoms with van der Waals surface area (Å²) in [6.07, 6.45) is 6.79. The number of hydrogen-bond acceptors (Lipinski definition) is 1. The van der Waals surface area contributed by atoms with Crippen LogP contribution < -0.4 is 0 Å². The van der Waals surface area contributed by atoms with Crippen LogP contribution >= 0.6 is 0 Å². The van der Waals surface area contributed by atoms with Crippen molar-refractivity contribution in [2.24, 2.45) is 5.92 Å². The predicted molar refractivity (Wildman–Crippen MR) is 54.4 cm³/mol. The largest absolute Gasteiger partial charge is 0.381 e. The van der Waals surface area contributed by atoms with Crippen LogP contribution in [0, 0.1) is 5.92 Å². The molecule has 0 N–H and O–H groups in total. The second kappa shape index (κ2) is 9.05. The van der Waals surface area contributed by atoms with E-state index in [0.29, 0.717) is 0 Å². The lowest BCUT2D eigenvalue weighted by atomic mass is 9.94. The van der Waals surface area contributed by atoms with E-state index in [9.17, 15) is 0 Å². The van der Waals surface area contributed by atoms with Gasteiger partial charge in [0.25, 0.3) is 0 Å². The van der Waals surface area contributed by atoms with E-state index >= 15 is 0 Å². The molecule has 0 atom stereocenters. The van der Waals surface area contributed by atoms with Crippen LogP contribution in [0.4, 0.5) is 0 Å². The standard InChI is InChI=1S/C9H18O.C2H6/c1-2-3-4-9-5-7-10-8-6-9;1-2/h9H,2-8H2,1H3;1-2H3. The molecule has 0 aromatic rings. The first-order valence-electron chi connectivity index (χ1n) is 5.51. The Hall–Kier alpha value is -0.0400. The zero-order valence-electron chi connectivity index (χ0n) is 8.94. The molecular formula is C11H24O. The summed E-state index contributed by atoms with van der Waals surface area (Å²) in [5.74, 6) is 0.980. The maximum absolute atomic E-state index is 5.28. The number of hydrogen-bond donors (Lipinski definition) is 0.